The molecule has 138 valence electrons. The summed E-state index contributed by atoms with van der Waals surface area (Å²) >= 11 is 11.5. The van der Waals surface area contributed by atoms with Crippen molar-refractivity contribution in [1.29, 1.82) is 0 Å². The number of ether oxygens (including phenoxy) is 2. The van der Waals surface area contributed by atoms with E-state index in [1.54, 1.807) is 31.4 Å². The molecule has 2 aromatic carbocycles. The van der Waals surface area contributed by atoms with Gasteiger partial charge in [0, 0.05) is 24.4 Å². The molecule has 1 amide bonds. The number of halogens is 1. The Balaban J connectivity index is 2.09. The summed E-state index contributed by atoms with van der Waals surface area (Å²) in [5.41, 5.74) is 2.11. The Morgan fingerprint density at radius 1 is 1.08 bits per heavy atom. The SMILES string of the molecule is CCOc1cc(OC)c(Cl)cc1NC(=S)Nc1ccc(NC(C)=O)cc1. The van der Waals surface area contributed by atoms with Crippen molar-refractivity contribution in [3.8, 4) is 11.5 Å². The lowest BCUT2D eigenvalue weighted by atomic mass is 10.2. The van der Waals surface area contributed by atoms with E-state index in [0.29, 0.717) is 39.6 Å². The highest BCUT2D eigenvalue weighted by Crippen LogP contribution is 2.36. The molecule has 26 heavy (non-hydrogen) atoms. The van der Waals surface area contributed by atoms with E-state index in [9.17, 15) is 4.79 Å². The van der Waals surface area contributed by atoms with Gasteiger partial charge < -0.3 is 25.4 Å². The Labute approximate surface area is 162 Å². The number of carbonyl (C=O) groups is 1. The molecule has 0 bridgehead atoms. The number of hydrogen-bond donors (Lipinski definition) is 3. The van der Waals surface area contributed by atoms with Gasteiger partial charge in [-0.2, -0.15) is 0 Å². The van der Waals surface area contributed by atoms with Crippen LogP contribution in [0, 0.1) is 0 Å². The number of rotatable bonds is 6. The topological polar surface area (TPSA) is 71.6 Å². The minimum Gasteiger partial charge on any atom is -0.495 e. The van der Waals surface area contributed by atoms with E-state index in [1.165, 1.54) is 6.92 Å². The van der Waals surface area contributed by atoms with Gasteiger partial charge in [0.15, 0.2) is 5.11 Å². The summed E-state index contributed by atoms with van der Waals surface area (Å²) in [6, 6.07) is 10.6. The first kappa shape index (κ1) is 19.8. The van der Waals surface area contributed by atoms with Crippen LogP contribution < -0.4 is 25.4 Å². The third-order valence-electron chi connectivity index (χ3n) is 3.27. The van der Waals surface area contributed by atoms with Crippen LogP contribution in [0.5, 0.6) is 11.5 Å². The van der Waals surface area contributed by atoms with Crippen molar-refractivity contribution < 1.29 is 14.3 Å². The van der Waals surface area contributed by atoms with E-state index in [2.05, 4.69) is 16.0 Å². The van der Waals surface area contributed by atoms with Gasteiger partial charge in [-0.05, 0) is 49.5 Å². The Bertz CT molecular complexity index is 797. The van der Waals surface area contributed by atoms with Crippen LogP contribution in [0.2, 0.25) is 5.02 Å². The molecule has 0 aliphatic rings. The number of methoxy groups -OCH3 is 1. The zero-order valence-electron chi connectivity index (χ0n) is 14.7. The summed E-state index contributed by atoms with van der Waals surface area (Å²) in [5.74, 6) is 0.981. The zero-order chi connectivity index (χ0) is 19.1. The van der Waals surface area contributed by atoms with E-state index in [0.717, 1.165) is 5.69 Å². The molecule has 2 aromatic rings. The second-order valence-corrected chi connectivity index (χ2v) is 6.07. The lowest BCUT2D eigenvalue weighted by Gasteiger charge is -2.16. The number of benzene rings is 2. The highest BCUT2D eigenvalue weighted by atomic mass is 35.5. The second-order valence-electron chi connectivity index (χ2n) is 5.25. The van der Waals surface area contributed by atoms with Crippen molar-refractivity contribution in [2.24, 2.45) is 0 Å². The second kappa shape index (κ2) is 9.26. The molecule has 0 unspecified atom stereocenters. The van der Waals surface area contributed by atoms with Crippen molar-refractivity contribution in [2.45, 2.75) is 13.8 Å². The van der Waals surface area contributed by atoms with Crippen LogP contribution in [-0.4, -0.2) is 24.7 Å². The van der Waals surface area contributed by atoms with Gasteiger partial charge in [-0.3, -0.25) is 4.79 Å². The molecule has 0 spiro atoms. The smallest absolute Gasteiger partial charge is 0.221 e. The Morgan fingerprint density at radius 3 is 2.23 bits per heavy atom. The highest BCUT2D eigenvalue weighted by Gasteiger charge is 2.12. The maximum absolute atomic E-state index is 11.0. The summed E-state index contributed by atoms with van der Waals surface area (Å²) < 4.78 is 10.8. The molecule has 0 atom stereocenters. The number of thiocarbonyl (C=S) groups is 1. The highest BCUT2D eigenvalue weighted by molar-refractivity contribution is 7.80. The fourth-order valence-corrected chi connectivity index (χ4v) is 2.66. The van der Waals surface area contributed by atoms with Crippen LogP contribution in [0.3, 0.4) is 0 Å². The normalized spacial score (nSPS) is 10.0. The maximum Gasteiger partial charge on any atom is 0.221 e. The van der Waals surface area contributed by atoms with Crippen LogP contribution in [-0.2, 0) is 4.79 Å². The molecule has 8 heteroatoms. The van der Waals surface area contributed by atoms with Crippen molar-refractivity contribution in [3.05, 3.63) is 41.4 Å². The molecule has 2 rings (SSSR count). The van der Waals surface area contributed by atoms with E-state index in [1.807, 2.05) is 19.1 Å². The molecule has 0 aliphatic heterocycles. The standard InChI is InChI=1S/C18H20ClN3O3S/c1-4-25-17-10-16(24-3)14(19)9-15(17)22-18(26)21-13-7-5-12(6-8-13)20-11(2)23/h5-10H,4H2,1-3H3,(H,20,23)(H2,21,22,26). The molecular formula is C18H20ClN3O3S. The van der Waals surface area contributed by atoms with Crippen LogP contribution in [0.25, 0.3) is 0 Å². The third kappa shape index (κ3) is 5.50. The molecule has 3 N–H and O–H groups in total. The summed E-state index contributed by atoms with van der Waals surface area (Å²) in [7, 11) is 1.54. The first-order chi connectivity index (χ1) is 12.4. The van der Waals surface area contributed by atoms with E-state index in [4.69, 9.17) is 33.3 Å². The summed E-state index contributed by atoms with van der Waals surface area (Å²) in [4.78, 5) is 11.0. The van der Waals surface area contributed by atoms with Crippen LogP contribution in [0.15, 0.2) is 36.4 Å². The summed E-state index contributed by atoms with van der Waals surface area (Å²) in [5, 5.41) is 9.66. The van der Waals surface area contributed by atoms with Crippen molar-refractivity contribution in [2.75, 3.05) is 29.7 Å². The van der Waals surface area contributed by atoms with Crippen LogP contribution in [0.4, 0.5) is 17.1 Å². The molecule has 0 saturated heterocycles. The summed E-state index contributed by atoms with van der Waals surface area (Å²) in [6.45, 7) is 3.84. The number of amides is 1. The van der Waals surface area contributed by atoms with Gasteiger partial charge in [-0.15, -0.1) is 0 Å². The molecule has 0 aliphatic carbocycles. The van der Waals surface area contributed by atoms with Gasteiger partial charge in [0.1, 0.15) is 11.5 Å². The third-order valence-corrected chi connectivity index (χ3v) is 3.76. The van der Waals surface area contributed by atoms with E-state index in [-0.39, 0.29) is 5.91 Å². The zero-order valence-corrected chi connectivity index (χ0v) is 16.3. The van der Waals surface area contributed by atoms with Crippen molar-refractivity contribution >= 4 is 51.9 Å². The number of carbonyl (C=O) groups excluding carboxylic acids is 1. The van der Waals surface area contributed by atoms with Gasteiger partial charge in [-0.25, -0.2) is 0 Å². The molecule has 0 aromatic heterocycles. The fourth-order valence-electron chi connectivity index (χ4n) is 2.19. The van der Waals surface area contributed by atoms with Crippen LogP contribution in [0.1, 0.15) is 13.8 Å². The molecule has 6 nitrogen and oxygen atoms in total. The average molecular weight is 394 g/mol. The number of hydrogen-bond acceptors (Lipinski definition) is 4. The number of anilines is 3. The fraction of sp³-hybridized carbons (Fsp3) is 0.222. The van der Waals surface area contributed by atoms with E-state index < -0.39 is 0 Å². The summed E-state index contributed by atoms with van der Waals surface area (Å²) in [6.07, 6.45) is 0. The van der Waals surface area contributed by atoms with Crippen LogP contribution >= 0.6 is 23.8 Å². The predicted molar refractivity (Wildman–Crippen MR) is 110 cm³/mol. The predicted octanol–water partition coefficient (Wildman–Crippen LogP) is 4.51. The quantitative estimate of drug-likeness (QED) is 0.627. The van der Waals surface area contributed by atoms with Gasteiger partial charge in [0.05, 0.1) is 24.4 Å². The lowest BCUT2D eigenvalue weighted by molar-refractivity contribution is -0.114. The molecular weight excluding hydrogens is 374 g/mol. The average Bonchev–Trinajstić information content (AvgIpc) is 2.58. The van der Waals surface area contributed by atoms with Crippen molar-refractivity contribution in [1.82, 2.24) is 0 Å². The number of nitrogens with one attached hydrogen (secondary N) is 3. The molecule has 0 radical (unpaired) electrons. The maximum atomic E-state index is 11.0. The molecule has 0 heterocycles. The Hall–Kier alpha value is -2.51. The molecule has 0 saturated carbocycles. The first-order valence-corrected chi connectivity index (χ1v) is 8.67. The van der Waals surface area contributed by atoms with Gasteiger partial charge in [0.25, 0.3) is 0 Å². The Morgan fingerprint density at radius 2 is 1.69 bits per heavy atom. The largest absolute Gasteiger partial charge is 0.495 e. The van der Waals surface area contributed by atoms with Crippen molar-refractivity contribution in [3.63, 3.8) is 0 Å². The molecule has 0 fully saturated rings. The lowest BCUT2D eigenvalue weighted by Crippen LogP contribution is -2.19. The van der Waals surface area contributed by atoms with Gasteiger partial charge in [-0.1, -0.05) is 11.6 Å². The van der Waals surface area contributed by atoms with Gasteiger partial charge in [0.2, 0.25) is 5.91 Å². The monoisotopic (exact) mass is 393 g/mol. The van der Waals surface area contributed by atoms with Gasteiger partial charge >= 0.3 is 0 Å². The van der Waals surface area contributed by atoms with E-state index >= 15 is 0 Å². The minimum atomic E-state index is -0.122. The Kier molecular flexibility index (Phi) is 7.06. The first-order valence-electron chi connectivity index (χ1n) is 7.89. The minimum absolute atomic E-state index is 0.122.